The van der Waals surface area contributed by atoms with E-state index in [1.807, 2.05) is 0 Å². The molecule has 388 valence electrons. The van der Waals surface area contributed by atoms with Crippen LogP contribution in [-0.2, 0) is 16.2 Å². The van der Waals surface area contributed by atoms with Gasteiger partial charge < -0.3 is 14.7 Å². The molecule has 13 rings (SSSR count). The first-order valence-corrected chi connectivity index (χ1v) is 28.4. The molecule has 0 bridgehead atoms. The largest absolute Gasteiger partial charge is 0.311 e. The summed E-state index contributed by atoms with van der Waals surface area (Å²) in [6.07, 6.45) is 0. The average Bonchev–Trinajstić information content (AvgIpc) is 3.82. The van der Waals surface area contributed by atoms with E-state index in [9.17, 15) is 0 Å². The molecule has 0 N–H and O–H groups in total. The second-order valence-corrected chi connectivity index (χ2v) is 25.3. The van der Waals surface area contributed by atoms with Gasteiger partial charge in [-0.3, -0.25) is 0 Å². The van der Waals surface area contributed by atoms with Crippen LogP contribution in [0.4, 0.5) is 51.2 Å². The molecular formula is C75H70BN3. The van der Waals surface area contributed by atoms with Gasteiger partial charge in [0.15, 0.2) is 0 Å². The molecule has 0 radical (unpaired) electrons. The zero-order valence-electron chi connectivity index (χ0n) is 48.0. The van der Waals surface area contributed by atoms with E-state index in [0.717, 1.165) is 28.4 Å². The van der Waals surface area contributed by atoms with E-state index in [1.165, 1.54) is 117 Å². The summed E-state index contributed by atoms with van der Waals surface area (Å²) < 4.78 is 0. The van der Waals surface area contributed by atoms with Crippen LogP contribution >= 0.6 is 0 Å². The van der Waals surface area contributed by atoms with Crippen LogP contribution in [0.15, 0.2) is 206 Å². The van der Waals surface area contributed by atoms with Gasteiger partial charge in [0.25, 0.3) is 6.71 Å². The molecule has 0 aromatic heterocycles. The Hall–Kier alpha value is -8.34. The highest BCUT2D eigenvalue weighted by Gasteiger charge is 2.45. The number of fused-ring (bicyclic) bond motifs is 7. The molecule has 1 aliphatic carbocycles. The van der Waals surface area contributed by atoms with Gasteiger partial charge in [0, 0.05) is 56.6 Å². The Labute approximate surface area is 470 Å². The van der Waals surface area contributed by atoms with Gasteiger partial charge in [-0.15, -0.1) is 0 Å². The molecule has 0 amide bonds. The summed E-state index contributed by atoms with van der Waals surface area (Å²) >= 11 is 0. The maximum Gasteiger partial charge on any atom is 0.252 e. The van der Waals surface area contributed by atoms with Gasteiger partial charge in [0.2, 0.25) is 0 Å². The van der Waals surface area contributed by atoms with E-state index in [2.05, 4.69) is 304 Å². The first-order chi connectivity index (χ1) is 37.9. The number of hydrogen-bond donors (Lipinski definition) is 0. The molecule has 0 unspecified atom stereocenters. The molecule has 10 aromatic rings. The van der Waals surface area contributed by atoms with Crippen molar-refractivity contribution in [2.24, 2.45) is 0 Å². The summed E-state index contributed by atoms with van der Waals surface area (Å²) in [7, 11) is 0. The highest BCUT2D eigenvalue weighted by molar-refractivity contribution is 7.00. The summed E-state index contributed by atoms with van der Waals surface area (Å²) in [6.45, 7) is 27.8. The van der Waals surface area contributed by atoms with Crippen molar-refractivity contribution in [1.82, 2.24) is 0 Å². The van der Waals surface area contributed by atoms with Crippen molar-refractivity contribution in [2.75, 3.05) is 14.7 Å². The lowest BCUT2D eigenvalue weighted by atomic mass is 9.33. The molecule has 10 aromatic carbocycles. The third kappa shape index (κ3) is 8.16. The minimum absolute atomic E-state index is 0.0357. The van der Waals surface area contributed by atoms with Gasteiger partial charge >= 0.3 is 0 Å². The van der Waals surface area contributed by atoms with E-state index in [1.54, 1.807) is 0 Å². The summed E-state index contributed by atoms with van der Waals surface area (Å²) in [6, 6.07) is 78.7. The maximum absolute atomic E-state index is 2.61. The fraction of sp³-hybridized carbons (Fsp3) is 0.200. The average molecular weight is 1020 g/mol. The monoisotopic (exact) mass is 1020 g/mol. The number of aryl methyl sites for hydroxylation is 4. The molecular weight excluding hydrogens is 954 g/mol. The lowest BCUT2D eigenvalue weighted by Gasteiger charge is -2.45. The molecule has 0 spiro atoms. The number of rotatable bonds is 7. The molecule has 3 nitrogen and oxygen atoms in total. The Morgan fingerprint density at radius 2 is 0.886 bits per heavy atom. The molecule has 79 heavy (non-hydrogen) atoms. The van der Waals surface area contributed by atoms with Crippen molar-refractivity contribution < 1.29 is 0 Å². The summed E-state index contributed by atoms with van der Waals surface area (Å²) in [4.78, 5) is 7.67. The Balaban J connectivity index is 1.08. The molecule has 2 aliphatic heterocycles. The van der Waals surface area contributed by atoms with Gasteiger partial charge in [-0.05, 0) is 212 Å². The van der Waals surface area contributed by atoms with Crippen molar-refractivity contribution >= 4 is 74.3 Å². The van der Waals surface area contributed by atoms with E-state index < -0.39 is 0 Å². The quantitative estimate of drug-likeness (QED) is 0.147. The van der Waals surface area contributed by atoms with Gasteiger partial charge in [-0.2, -0.15) is 0 Å². The minimum Gasteiger partial charge on any atom is -0.311 e. The summed E-state index contributed by atoms with van der Waals surface area (Å²) in [5.41, 5.74) is 32.3. The highest BCUT2D eigenvalue weighted by Crippen LogP contribution is 2.53. The topological polar surface area (TPSA) is 9.72 Å². The summed E-state index contributed by atoms with van der Waals surface area (Å²) in [5.74, 6) is 0. The van der Waals surface area contributed by atoms with Gasteiger partial charge in [0.05, 0.1) is 0 Å². The van der Waals surface area contributed by atoms with Crippen molar-refractivity contribution in [2.45, 2.75) is 99.3 Å². The summed E-state index contributed by atoms with van der Waals surface area (Å²) in [5, 5.41) is 0. The lowest BCUT2D eigenvalue weighted by Crippen LogP contribution is -2.61. The van der Waals surface area contributed by atoms with Crippen molar-refractivity contribution in [3.05, 3.63) is 251 Å². The van der Waals surface area contributed by atoms with E-state index >= 15 is 0 Å². The molecule has 0 saturated heterocycles. The van der Waals surface area contributed by atoms with Crippen molar-refractivity contribution in [1.29, 1.82) is 0 Å². The molecule has 3 aliphatic rings. The lowest BCUT2D eigenvalue weighted by molar-refractivity contribution is 0.590. The number of hydrogen-bond acceptors (Lipinski definition) is 3. The van der Waals surface area contributed by atoms with Crippen LogP contribution in [0.2, 0.25) is 0 Å². The van der Waals surface area contributed by atoms with Crippen LogP contribution in [0, 0.1) is 27.7 Å². The van der Waals surface area contributed by atoms with Crippen LogP contribution in [0.3, 0.4) is 0 Å². The predicted octanol–water partition coefficient (Wildman–Crippen LogP) is 18.7. The van der Waals surface area contributed by atoms with Gasteiger partial charge in [0.1, 0.15) is 0 Å². The van der Waals surface area contributed by atoms with Gasteiger partial charge in [-0.25, -0.2) is 0 Å². The van der Waals surface area contributed by atoms with Crippen LogP contribution in [0.1, 0.15) is 99.9 Å². The standard InChI is InChI=1S/C75H70BN3/c1-47-40-58(41-48(2)70(47)51-22-15-13-16-23-51)77(59-42-49(3)71(50(4)43-59)52-24-17-14-18-25-52)57-36-38-64-69(46-57)79(56-35-37-61-60-26-19-20-27-62(60)75(11,12)63(61)45-56)68-29-21-28-67-72(68)76(64)65-44-54(74(8,9)10)32-39-66(65)78(67)55-33-30-53(31-34-55)73(5,6)7/h13-46H,1-12H3. The zero-order chi connectivity index (χ0) is 54.9. The second-order valence-electron chi connectivity index (χ2n) is 25.3. The predicted molar refractivity (Wildman–Crippen MR) is 340 cm³/mol. The number of anilines is 9. The number of nitrogens with zero attached hydrogens (tertiary/aromatic N) is 3. The molecule has 2 heterocycles. The smallest absolute Gasteiger partial charge is 0.252 e. The van der Waals surface area contributed by atoms with E-state index in [-0.39, 0.29) is 23.0 Å². The Morgan fingerprint density at radius 3 is 1.46 bits per heavy atom. The Bertz CT molecular complexity index is 3920. The van der Waals surface area contributed by atoms with E-state index in [4.69, 9.17) is 0 Å². The second kappa shape index (κ2) is 18.4. The molecule has 0 atom stereocenters. The fourth-order valence-electron chi connectivity index (χ4n) is 13.7. The van der Waals surface area contributed by atoms with E-state index in [0.29, 0.717) is 0 Å². The molecule has 0 saturated carbocycles. The fourth-order valence-corrected chi connectivity index (χ4v) is 13.7. The first kappa shape index (κ1) is 50.2. The number of benzene rings is 10. The Morgan fingerprint density at radius 1 is 0.380 bits per heavy atom. The normalized spacial score (nSPS) is 13.8. The van der Waals surface area contributed by atoms with Gasteiger partial charge in [-0.1, -0.05) is 183 Å². The van der Waals surface area contributed by atoms with Crippen LogP contribution < -0.4 is 31.1 Å². The van der Waals surface area contributed by atoms with Crippen LogP contribution in [0.5, 0.6) is 0 Å². The SMILES string of the molecule is Cc1cc(N(c2cc(C)c(-c3ccccc3)c(C)c2)c2ccc3c(c2)N(c2ccc4c(c2)C(C)(C)c2ccccc2-4)c2cccc4c2B3c2cc(C(C)(C)C)ccc2N4c2ccc(C(C)(C)C)cc2)cc(C)c1-c1ccccc1. The zero-order valence-corrected chi connectivity index (χ0v) is 48.0. The third-order valence-corrected chi connectivity index (χ3v) is 17.6. The molecule has 4 heteroatoms. The highest BCUT2D eigenvalue weighted by atomic mass is 15.2. The van der Waals surface area contributed by atoms with Crippen LogP contribution in [-0.4, -0.2) is 6.71 Å². The first-order valence-electron chi connectivity index (χ1n) is 28.4. The minimum atomic E-state index is -0.181. The maximum atomic E-state index is 2.61. The van der Waals surface area contributed by atoms with Crippen molar-refractivity contribution in [3.63, 3.8) is 0 Å². The van der Waals surface area contributed by atoms with Crippen LogP contribution in [0.25, 0.3) is 33.4 Å². The van der Waals surface area contributed by atoms with Crippen molar-refractivity contribution in [3.8, 4) is 33.4 Å². The molecule has 0 fully saturated rings. The Kier molecular flexibility index (Phi) is 11.7. The third-order valence-electron chi connectivity index (χ3n) is 17.6.